The van der Waals surface area contributed by atoms with Crippen molar-refractivity contribution in [3.05, 3.63) is 71.0 Å². The average Bonchev–Trinajstić information content (AvgIpc) is 2.55. The second-order valence-corrected chi connectivity index (χ2v) is 6.00. The van der Waals surface area contributed by atoms with Crippen LogP contribution in [0.5, 0.6) is 5.75 Å². The Labute approximate surface area is 135 Å². The number of rotatable bonds is 3. The maximum atomic E-state index is 13.1. The normalized spacial score (nSPS) is 17.8. The summed E-state index contributed by atoms with van der Waals surface area (Å²) in [5.74, 6) is 0.693. The van der Waals surface area contributed by atoms with Crippen molar-refractivity contribution in [1.29, 1.82) is 0 Å². The van der Waals surface area contributed by atoms with Crippen LogP contribution in [0.4, 0.5) is 4.39 Å². The lowest BCUT2D eigenvalue weighted by Gasteiger charge is -2.24. The third-order valence-electron chi connectivity index (χ3n) is 4.29. The van der Waals surface area contributed by atoms with Gasteiger partial charge >= 0.3 is 0 Å². The highest BCUT2D eigenvalue weighted by Crippen LogP contribution is 2.39. The van der Waals surface area contributed by atoms with E-state index in [1.807, 2.05) is 25.1 Å². The molecule has 1 atom stereocenters. The second kappa shape index (κ2) is 6.37. The molecule has 3 heteroatoms. The van der Waals surface area contributed by atoms with Crippen molar-refractivity contribution in [2.45, 2.75) is 25.7 Å². The van der Waals surface area contributed by atoms with Crippen molar-refractivity contribution < 1.29 is 13.9 Å². The van der Waals surface area contributed by atoms with E-state index in [0.717, 1.165) is 34.4 Å². The van der Waals surface area contributed by atoms with Gasteiger partial charge in [-0.2, -0.15) is 0 Å². The summed E-state index contributed by atoms with van der Waals surface area (Å²) in [5.41, 5.74) is 4.07. The molecule has 23 heavy (non-hydrogen) atoms. The Morgan fingerprint density at radius 1 is 1.09 bits per heavy atom. The van der Waals surface area contributed by atoms with Crippen LogP contribution in [0.2, 0.25) is 0 Å². The Bertz CT molecular complexity index is 760. The van der Waals surface area contributed by atoms with Gasteiger partial charge in [-0.3, -0.25) is 4.79 Å². The van der Waals surface area contributed by atoms with Crippen LogP contribution in [0, 0.1) is 12.7 Å². The number of ketones is 1. The van der Waals surface area contributed by atoms with Gasteiger partial charge < -0.3 is 4.74 Å². The number of methoxy groups -OCH3 is 1. The summed E-state index contributed by atoms with van der Waals surface area (Å²) in [5, 5.41) is 0. The first kappa shape index (κ1) is 15.5. The van der Waals surface area contributed by atoms with Crippen LogP contribution in [-0.2, 0) is 4.79 Å². The molecular weight excluding hydrogens is 291 g/mol. The Morgan fingerprint density at radius 3 is 2.52 bits per heavy atom. The predicted molar refractivity (Wildman–Crippen MR) is 89.1 cm³/mol. The minimum absolute atomic E-state index is 0.0771. The van der Waals surface area contributed by atoms with E-state index in [2.05, 4.69) is 0 Å². The number of allylic oxidation sites excluding steroid dienone is 2. The number of ether oxygens (including phenoxy) is 1. The Morgan fingerprint density at radius 2 is 1.83 bits per heavy atom. The molecule has 0 saturated heterocycles. The van der Waals surface area contributed by atoms with Crippen LogP contribution < -0.4 is 4.74 Å². The van der Waals surface area contributed by atoms with E-state index >= 15 is 0 Å². The van der Waals surface area contributed by atoms with Gasteiger partial charge in [0.2, 0.25) is 0 Å². The summed E-state index contributed by atoms with van der Waals surface area (Å²) in [6.07, 6.45) is 2.93. The van der Waals surface area contributed by atoms with Crippen molar-refractivity contribution >= 4 is 11.4 Å². The molecule has 0 N–H and O–H groups in total. The second-order valence-electron chi connectivity index (χ2n) is 6.00. The van der Waals surface area contributed by atoms with Gasteiger partial charge in [0.1, 0.15) is 11.6 Å². The number of hydrogen-bond acceptors (Lipinski definition) is 2. The molecule has 2 aromatic rings. The van der Waals surface area contributed by atoms with E-state index in [-0.39, 0.29) is 17.5 Å². The Kier molecular flexibility index (Phi) is 4.28. The summed E-state index contributed by atoms with van der Waals surface area (Å²) in [4.78, 5) is 12.2. The quantitative estimate of drug-likeness (QED) is 0.823. The molecule has 118 valence electrons. The van der Waals surface area contributed by atoms with Crippen molar-refractivity contribution in [3.63, 3.8) is 0 Å². The van der Waals surface area contributed by atoms with E-state index in [0.29, 0.717) is 6.42 Å². The van der Waals surface area contributed by atoms with Crippen molar-refractivity contribution in [1.82, 2.24) is 0 Å². The van der Waals surface area contributed by atoms with Gasteiger partial charge in [-0.1, -0.05) is 23.8 Å². The van der Waals surface area contributed by atoms with Gasteiger partial charge in [0.05, 0.1) is 7.11 Å². The summed E-state index contributed by atoms with van der Waals surface area (Å²) in [6, 6.07) is 12.4. The molecule has 0 spiro atoms. The highest BCUT2D eigenvalue weighted by molar-refractivity contribution is 6.00. The smallest absolute Gasteiger partial charge is 0.156 e. The molecule has 0 aliphatic heterocycles. The fraction of sp³-hybridized carbons (Fsp3) is 0.250. The van der Waals surface area contributed by atoms with Crippen molar-refractivity contribution in [3.8, 4) is 5.75 Å². The molecule has 0 bridgehead atoms. The Hall–Kier alpha value is -2.42. The highest BCUT2D eigenvalue weighted by atomic mass is 19.1. The first-order valence-electron chi connectivity index (χ1n) is 7.70. The van der Waals surface area contributed by atoms with Gasteiger partial charge in [0.15, 0.2) is 5.78 Å². The third-order valence-corrected chi connectivity index (χ3v) is 4.29. The summed E-state index contributed by atoms with van der Waals surface area (Å²) in [7, 11) is 1.64. The van der Waals surface area contributed by atoms with Crippen LogP contribution in [0.15, 0.2) is 48.5 Å². The maximum absolute atomic E-state index is 13.1. The number of carbonyl (C=O) groups excluding carboxylic acids is 1. The summed E-state index contributed by atoms with van der Waals surface area (Å²) >= 11 is 0. The average molecular weight is 310 g/mol. The molecule has 0 aromatic heterocycles. The maximum Gasteiger partial charge on any atom is 0.156 e. The minimum Gasteiger partial charge on any atom is -0.496 e. The fourth-order valence-corrected chi connectivity index (χ4v) is 3.12. The lowest BCUT2D eigenvalue weighted by Crippen LogP contribution is -2.13. The van der Waals surface area contributed by atoms with Crippen molar-refractivity contribution in [2.75, 3.05) is 7.11 Å². The minimum atomic E-state index is -0.257. The lowest BCUT2D eigenvalue weighted by molar-refractivity contribution is -0.115. The molecule has 1 aliphatic carbocycles. The number of carbonyl (C=O) groups is 1. The summed E-state index contributed by atoms with van der Waals surface area (Å²) < 4.78 is 18.6. The highest BCUT2D eigenvalue weighted by Gasteiger charge is 2.24. The monoisotopic (exact) mass is 310 g/mol. The number of aryl methyl sites for hydroxylation is 1. The van der Waals surface area contributed by atoms with E-state index in [9.17, 15) is 9.18 Å². The molecule has 0 amide bonds. The molecular formula is C20H19FO2. The van der Waals surface area contributed by atoms with Gasteiger partial charge in [0, 0.05) is 12.0 Å². The zero-order valence-corrected chi connectivity index (χ0v) is 13.3. The van der Waals surface area contributed by atoms with Gasteiger partial charge in [-0.15, -0.1) is 0 Å². The third kappa shape index (κ3) is 3.34. The first-order chi connectivity index (χ1) is 11.1. The predicted octanol–water partition coefficient (Wildman–Crippen LogP) is 4.67. The molecule has 2 aromatic carbocycles. The molecule has 0 fully saturated rings. The lowest BCUT2D eigenvalue weighted by atomic mass is 9.80. The zero-order valence-electron chi connectivity index (χ0n) is 13.3. The van der Waals surface area contributed by atoms with Crippen LogP contribution in [-0.4, -0.2) is 12.9 Å². The number of hydrogen-bond donors (Lipinski definition) is 0. The fourth-order valence-electron chi connectivity index (χ4n) is 3.12. The largest absolute Gasteiger partial charge is 0.496 e. The van der Waals surface area contributed by atoms with Crippen molar-refractivity contribution in [2.24, 2.45) is 0 Å². The molecule has 1 unspecified atom stereocenters. The van der Waals surface area contributed by atoms with Crippen LogP contribution in [0.3, 0.4) is 0 Å². The van der Waals surface area contributed by atoms with E-state index in [1.165, 1.54) is 12.1 Å². The van der Waals surface area contributed by atoms with Gasteiger partial charge in [0.25, 0.3) is 0 Å². The molecule has 0 heterocycles. The molecule has 1 aliphatic rings. The number of benzene rings is 2. The van der Waals surface area contributed by atoms with Gasteiger partial charge in [-0.05, 0) is 60.7 Å². The van der Waals surface area contributed by atoms with Gasteiger partial charge in [-0.25, -0.2) is 4.39 Å². The topological polar surface area (TPSA) is 26.3 Å². The Balaban J connectivity index is 1.96. The first-order valence-corrected chi connectivity index (χ1v) is 7.70. The molecule has 0 saturated carbocycles. The van der Waals surface area contributed by atoms with E-state index in [4.69, 9.17) is 4.74 Å². The molecule has 0 radical (unpaired) electrons. The zero-order chi connectivity index (χ0) is 16.4. The van der Waals surface area contributed by atoms with Crippen LogP contribution >= 0.6 is 0 Å². The molecule has 2 nitrogen and oxygen atoms in total. The standard InChI is InChI=1S/C20H19FO2/c1-13-3-8-20(23-2)19(9-13)16-10-15(11-18(22)12-16)14-4-6-17(21)7-5-14/h3-9,12,15H,10-11H2,1-2H3. The number of halogens is 1. The van der Waals surface area contributed by atoms with E-state index in [1.54, 1.807) is 25.3 Å². The summed E-state index contributed by atoms with van der Waals surface area (Å²) in [6.45, 7) is 2.02. The SMILES string of the molecule is COc1ccc(C)cc1C1=CC(=O)CC(c2ccc(F)cc2)C1. The van der Waals surface area contributed by atoms with E-state index < -0.39 is 0 Å². The molecule has 3 rings (SSSR count). The van der Waals surface area contributed by atoms with Crippen LogP contribution in [0.25, 0.3) is 5.57 Å². The van der Waals surface area contributed by atoms with Crippen LogP contribution in [0.1, 0.15) is 35.4 Å².